The molecule has 0 aromatic rings. The number of ketones is 1. The van der Waals surface area contributed by atoms with Crippen LogP contribution in [0, 0.1) is 28.1 Å². The van der Waals surface area contributed by atoms with Gasteiger partial charge in [-0.1, -0.05) is 19.9 Å². The van der Waals surface area contributed by atoms with Crippen LogP contribution in [0.5, 0.6) is 0 Å². The standard InChI is InChI=1S/C26H38O10/c1-12-13-5-8-26(34)24(3)7-4-6-23(2,19(24)14(28)10-25(26,9-13)20(12)32)22(33)36-21-18(31)17(30)16(29)15(11-27)35-21/h13-19,21,27-31,34H,1,4-11H2,2-3H3/t13-,14-,15-,16-,17+,18-,19-,21+,23-,24-,25-,26-/m1/s1. The summed E-state index contributed by atoms with van der Waals surface area (Å²) in [6, 6.07) is 0. The van der Waals surface area contributed by atoms with E-state index in [4.69, 9.17) is 9.47 Å². The first-order valence-corrected chi connectivity index (χ1v) is 12.9. The Morgan fingerprint density at radius 3 is 2.44 bits per heavy atom. The summed E-state index contributed by atoms with van der Waals surface area (Å²) >= 11 is 0. The number of carbonyl (C=O) groups excluding carboxylic acids is 2. The molecule has 5 aliphatic rings. The van der Waals surface area contributed by atoms with Gasteiger partial charge in [-0.3, -0.25) is 9.59 Å². The van der Waals surface area contributed by atoms with Gasteiger partial charge in [0, 0.05) is 11.3 Å². The Kier molecular flexibility index (Phi) is 6.04. The number of fused-ring (bicyclic) bond motifs is 3. The molecule has 1 heterocycles. The second-order valence-corrected chi connectivity index (χ2v) is 12.3. The predicted octanol–water partition coefficient (Wildman–Crippen LogP) is -0.437. The SMILES string of the molecule is C=C1C(=O)[C@]23C[C@H]1CC[C@@]2(O)[C@]1(C)CCC[C@@](C)(C(=O)O[C@@H]2O[C@H](CO)[C@@H](O)[C@H](O)[C@H]2O)[C@H]1[C@H](O)C3. The van der Waals surface area contributed by atoms with Gasteiger partial charge in [-0.2, -0.15) is 0 Å². The molecule has 1 spiro atoms. The molecular weight excluding hydrogens is 472 g/mol. The zero-order valence-electron chi connectivity index (χ0n) is 20.8. The van der Waals surface area contributed by atoms with Crippen molar-refractivity contribution in [1.29, 1.82) is 0 Å². The molecule has 6 N–H and O–H groups in total. The Morgan fingerprint density at radius 2 is 1.78 bits per heavy atom. The maximum Gasteiger partial charge on any atom is 0.314 e. The second kappa shape index (κ2) is 8.30. The molecule has 0 amide bonds. The van der Waals surface area contributed by atoms with Crippen LogP contribution in [0.4, 0.5) is 0 Å². The highest BCUT2D eigenvalue weighted by atomic mass is 16.7. The second-order valence-electron chi connectivity index (χ2n) is 12.3. The van der Waals surface area contributed by atoms with E-state index in [9.17, 15) is 40.2 Å². The molecule has 1 aliphatic heterocycles. The lowest BCUT2D eigenvalue weighted by molar-refractivity contribution is -0.306. The molecule has 0 radical (unpaired) electrons. The van der Waals surface area contributed by atoms with Crippen LogP contribution in [0.3, 0.4) is 0 Å². The average Bonchev–Trinajstić information content (AvgIpc) is 3.03. The van der Waals surface area contributed by atoms with Crippen molar-refractivity contribution in [2.45, 2.75) is 101 Å². The maximum atomic E-state index is 13.7. The van der Waals surface area contributed by atoms with Crippen molar-refractivity contribution >= 4 is 11.8 Å². The largest absolute Gasteiger partial charge is 0.432 e. The van der Waals surface area contributed by atoms with Crippen molar-refractivity contribution in [1.82, 2.24) is 0 Å². The molecule has 5 rings (SSSR count). The number of aliphatic hydroxyl groups is 6. The predicted molar refractivity (Wildman–Crippen MR) is 123 cm³/mol. The fourth-order valence-corrected chi connectivity index (χ4v) is 8.82. The Bertz CT molecular complexity index is 966. The number of Topliss-reactive ketones (excluding diaryl/α,β-unsaturated/α-hetero) is 1. The normalized spacial score (nSPS) is 54.6. The molecule has 0 aromatic heterocycles. The van der Waals surface area contributed by atoms with E-state index >= 15 is 0 Å². The van der Waals surface area contributed by atoms with Crippen molar-refractivity contribution < 1.29 is 49.7 Å². The average molecular weight is 511 g/mol. The van der Waals surface area contributed by atoms with Gasteiger partial charge in [0.1, 0.15) is 24.4 Å². The van der Waals surface area contributed by atoms with Crippen LogP contribution < -0.4 is 0 Å². The van der Waals surface area contributed by atoms with Gasteiger partial charge in [-0.15, -0.1) is 0 Å². The number of carbonyl (C=O) groups is 2. The van der Waals surface area contributed by atoms with E-state index in [-0.39, 0.29) is 18.1 Å². The fourth-order valence-electron chi connectivity index (χ4n) is 8.82. The van der Waals surface area contributed by atoms with Crippen LogP contribution in [-0.2, 0) is 19.1 Å². The van der Waals surface area contributed by atoms with Crippen molar-refractivity contribution in [3.05, 3.63) is 12.2 Å². The Hall–Kier alpha value is -1.40. The Balaban J connectivity index is 1.48. The quantitative estimate of drug-likeness (QED) is 0.216. The molecule has 5 fully saturated rings. The zero-order valence-corrected chi connectivity index (χ0v) is 20.8. The molecule has 202 valence electrons. The molecule has 2 bridgehead atoms. The van der Waals surface area contributed by atoms with Crippen molar-refractivity contribution in [2.24, 2.45) is 28.1 Å². The molecule has 0 aromatic carbocycles. The third-order valence-electron chi connectivity index (χ3n) is 10.7. The van der Waals surface area contributed by atoms with Crippen LogP contribution >= 0.6 is 0 Å². The van der Waals surface area contributed by atoms with Gasteiger partial charge in [0.05, 0.1) is 29.1 Å². The number of hydrogen-bond donors (Lipinski definition) is 6. The summed E-state index contributed by atoms with van der Waals surface area (Å²) < 4.78 is 10.9. The molecular formula is C26H38O10. The number of esters is 1. The molecule has 4 aliphatic carbocycles. The first kappa shape index (κ1) is 26.2. The number of aliphatic hydroxyl groups excluding tert-OH is 5. The highest BCUT2D eigenvalue weighted by Gasteiger charge is 2.77. The third kappa shape index (κ3) is 3.09. The van der Waals surface area contributed by atoms with Gasteiger partial charge in [0.15, 0.2) is 5.78 Å². The van der Waals surface area contributed by atoms with Crippen molar-refractivity contribution in [2.75, 3.05) is 6.61 Å². The maximum absolute atomic E-state index is 13.7. The molecule has 10 heteroatoms. The smallest absolute Gasteiger partial charge is 0.314 e. The minimum atomic E-state index is -1.74. The molecule has 0 unspecified atom stereocenters. The van der Waals surface area contributed by atoms with E-state index in [1.165, 1.54) is 0 Å². The van der Waals surface area contributed by atoms with E-state index < -0.39 is 77.1 Å². The van der Waals surface area contributed by atoms with Gasteiger partial charge in [-0.05, 0) is 56.9 Å². The van der Waals surface area contributed by atoms with E-state index in [1.807, 2.05) is 6.92 Å². The lowest BCUT2D eigenvalue weighted by Crippen LogP contribution is -2.73. The Labute approximate surface area is 209 Å². The van der Waals surface area contributed by atoms with E-state index in [0.29, 0.717) is 44.1 Å². The highest BCUT2D eigenvalue weighted by molar-refractivity contribution is 6.04. The van der Waals surface area contributed by atoms with Crippen molar-refractivity contribution in [3.63, 3.8) is 0 Å². The monoisotopic (exact) mass is 510 g/mol. The number of rotatable bonds is 3. The highest BCUT2D eigenvalue weighted by Crippen LogP contribution is 2.72. The topological polar surface area (TPSA) is 174 Å². The van der Waals surface area contributed by atoms with E-state index in [0.717, 1.165) is 0 Å². The summed E-state index contributed by atoms with van der Waals surface area (Å²) in [5.41, 5.74) is -4.31. The van der Waals surface area contributed by atoms with Crippen LogP contribution in [-0.4, -0.2) is 91.4 Å². The van der Waals surface area contributed by atoms with Gasteiger partial charge in [0.2, 0.25) is 6.29 Å². The van der Waals surface area contributed by atoms with Crippen LogP contribution in [0.1, 0.15) is 58.8 Å². The van der Waals surface area contributed by atoms with Gasteiger partial charge >= 0.3 is 5.97 Å². The number of allylic oxidation sites excluding steroid dienone is 1. The lowest BCUT2D eigenvalue weighted by Gasteiger charge is -2.68. The van der Waals surface area contributed by atoms with E-state index in [1.54, 1.807) is 6.92 Å². The summed E-state index contributed by atoms with van der Waals surface area (Å²) in [7, 11) is 0. The minimum Gasteiger partial charge on any atom is -0.432 e. The minimum absolute atomic E-state index is 0.00347. The van der Waals surface area contributed by atoms with Crippen LogP contribution in [0.2, 0.25) is 0 Å². The molecule has 12 atom stereocenters. The van der Waals surface area contributed by atoms with Crippen LogP contribution in [0.15, 0.2) is 12.2 Å². The summed E-state index contributed by atoms with van der Waals surface area (Å²) in [5.74, 6) is -1.71. The summed E-state index contributed by atoms with van der Waals surface area (Å²) in [6.45, 7) is 6.84. The summed E-state index contributed by atoms with van der Waals surface area (Å²) in [4.78, 5) is 27.2. The van der Waals surface area contributed by atoms with Gasteiger partial charge in [-0.25, -0.2) is 0 Å². The summed E-state index contributed by atoms with van der Waals surface area (Å²) in [5, 5.41) is 63.9. The number of hydrogen-bond acceptors (Lipinski definition) is 10. The first-order valence-electron chi connectivity index (χ1n) is 12.9. The van der Waals surface area contributed by atoms with Gasteiger partial charge < -0.3 is 40.1 Å². The molecule has 10 nitrogen and oxygen atoms in total. The van der Waals surface area contributed by atoms with Crippen molar-refractivity contribution in [3.8, 4) is 0 Å². The number of ether oxygens (including phenoxy) is 2. The third-order valence-corrected chi connectivity index (χ3v) is 10.7. The van der Waals surface area contributed by atoms with Crippen LogP contribution in [0.25, 0.3) is 0 Å². The lowest BCUT2D eigenvalue weighted by atomic mass is 9.38. The molecule has 36 heavy (non-hydrogen) atoms. The van der Waals surface area contributed by atoms with Gasteiger partial charge in [0.25, 0.3) is 0 Å². The summed E-state index contributed by atoms with van der Waals surface area (Å²) in [6.07, 6.45) is -6.11. The molecule has 1 saturated heterocycles. The molecule has 4 saturated carbocycles. The Morgan fingerprint density at radius 1 is 1.08 bits per heavy atom. The van der Waals surface area contributed by atoms with E-state index in [2.05, 4.69) is 6.58 Å². The first-order chi connectivity index (χ1) is 16.8. The zero-order chi connectivity index (χ0) is 26.4. The fraction of sp³-hybridized carbons (Fsp3) is 0.846.